The van der Waals surface area contributed by atoms with E-state index in [1.54, 1.807) is 12.2 Å². The fourth-order valence-electron chi connectivity index (χ4n) is 0.936. The number of aromatic nitrogens is 1. The molecule has 1 rings (SSSR count). The lowest BCUT2D eigenvalue weighted by atomic mass is 10.1. The van der Waals surface area contributed by atoms with E-state index in [0.29, 0.717) is 0 Å². The van der Waals surface area contributed by atoms with Crippen LogP contribution in [0, 0.1) is 6.92 Å². The molecule has 1 heterocycles. The Hall–Kier alpha value is -1.37. The molecule has 0 spiro atoms. The van der Waals surface area contributed by atoms with Crippen molar-refractivity contribution in [2.75, 3.05) is 0 Å². The zero-order valence-electron chi connectivity index (χ0n) is 6.67. The molecule has 56 valence electrons. The topological polar surface area (TPSA) is 12.9 Å². The summed E-state index contributed by atoms with van der Waals surface area (Å²) in [5.74, 6) is 0. The lowest BCUT2D eigenvalue weighted by Crippen LogP contribution is -1.86. The van der Waals surface area contributed by atoms with Crippen LogP contribution >= 0.6 is 0 Å². The summed E-state index contributed by atoms with van der Waals surface area (Å²) >= 11 is 0. The maximum Gasteiger partial charge on any atom is 0.0696 e. The Bertz CT molecular complexity index is 287. The molecule has 0 saturated carbocycles. The van der Waals surface area contributed by atoms with Crippen molar-refractivity contribution in [3.63, 3.8) is 0 Å². The largest absolute Gasteiger partial charge is 0.256 e. The summed E-state index contributed by atoms with van der Waals surface area (Å²) in [6.07, 6.45) is 5.34. The van der Waals surface area contributed by atoms with Gasteiger partial charge in [0, 0.05) is 6.20 Å². The van der Waals surface area contributed by atoms with E-state index in [2.05, 4.69) is 18.1 Å². The van der Waals surface area contributed by atoms with Gasteiger partial charge in [-0.15, -0.1) is 0 Å². The zero-order chi connectivity index (χ0) is 8.27. The maximum atomic E-state index is 4.18. The van der Waals surface area contributed by atoms with E-state index in [-0.39, 0.29) is 0 Å². The van der Waals surface area contributed by atoms with Crippen LogP contribution in [0.3, 0.4) is 0 Å². The summed E-state index contributed by atoms with van der Waals surface area (Å²) in [7, 11) is 0. The first-order valence-electron chi connectivity index (χ1n) is 3.49. The van der Waals surface area contributed by atoms with Crippen LogP contribution in [-0.2, 0) is 0 Å². The van der Waals surface area contributed by atoms with Crippen molar-refractivity contribution in [3.8, 4) is 0 Å². The first-order chi connectivity index (χ1) is 5.27. The van der Waals surface area contributed by atoms with Gasteiger partial charge in [-0.05, 0) is 30.2 Å². The van der Waals surface area contributed by atoms with Crippen LogP contribution in [0.5, 0.6) is 0 Å². The van der Waals surface area contributed by atoms with E-state index in [1.807, 2.05) is 19.2 Å². The normalized spacial score (nSPS) is 9.18. The molecule has 0 aliphatic carbocycles. The minimum Gasteiger partial charge on any atom is -0.256 e. The first kappa shape index (κ1) is 7.73. The molecule has 0 amide bonds. The summed E-state index contributed by atoms with van der Waals surface area (Å²) in [4.78, 5) is 4.18. The average Bonchev–Trinajstić information content (AvgIpc) is 2.04. The highest BCUT2D eigenvalue weighted by atomic mass is 14.7. The molecule has 1 heteroatoms. The number of pyridine rings is 1. The molecule has 0 bridgehead atoms. The van der Waals surface area contributed by atoms with Crippen LogP contribution in [0.2, 0.25) is 0 Å². The fourth-order valence-corrected chi connectivity index (χ4v) is 0.936. The second-order valence-electron chi connectivity index (χ2n) is 2.40. The molecule has 0 radical (unpaired) electrons. The van der Waals surface area contributed by atoms with Gasteiger partial charge in [-0.3, -0.25) is 4.98 Å². The number of aryl methyl sites for hydroxylation is 1. The molecule has 0 saturated heterocycles. The summed E-state index contributed by atoms with van der Waals surface area (Å²) in [6.45, 7) is 9.36. The van der Waals surface area contributed by atoms with Crippen molar-refractivity contribution in [3.05, 3.63) is 42.2 Å². The first-order valence-corrected chi connectivity index (χ1v) is 3.49. The van der Waals surface area contributed by atoms with E-state index in [9.17, 15) is 0 Å². The molecule has 0 unspecified atom stereocenters. The van der Waals surface area contributed by atoms with Gasteiger partial charge in [-0.25, -0.2) is 0 Å². The van der Waals surface area contributed by atoms with E-state index >= 15 is 0 Å². The molecule has 0 atom stereocenters. The van der Waals surface area contributed by atoms with E-state index in [1.165, 1.54) is 0 Å². The lowest BCUT2D eigenvalue weighted by Gasteiger charge is -1.99. The van der Waals surface area contributed by atoms with Crippen LogP contribution in [-0.4, -0.2) is 4.98 Å². The summed E-state index contributed by atoms with van der Waals surface area (Å²) in [5.41, 5.74) is 3.08. The Morgan fingerprint density at radius 1 is 1.36 bits per heavy atom. The van der Waals surface area contributed by atoms with Crippen molar-refractivity contribution in [1.29, 1.82) is 0 Å². The van der Waals surface area contributed by atoms with Gasteiger partial charge in [0.15, 0.2) is 0 Å². The molecule has 1 aromatic heterocycles. The number of hydrogen-bond donors (Lipinski definition) is 0. The SMILES string of the molecule is C=Cc1cc(C)cnc1C=C. The average molecular weight is 145 g/mol. The smallest absolute Gasteiger partial charge is 0.0696 e. The molecule has 1 nitrogen and oxygen atoms in total. The quantitative estimate of drug-likeness (QED) is 0.623. The predicted molar refractivity (Wildman–Crippen MR) is 49.2 cm³/mol. The third-order valence-corrected chi connectivity index (χ3v) is 1.50. The van der Waals surface area contributed by atoms with Gasteiger partial charge < -0.3 is 0 Å². The third kappa shape index (κ3) is 1.55. The Balaban J connectivity index is 3.26. The molecule has 0 N–H and O–H groups in total. The maximum absolute atomic E-state index is 4.18. The van der Waals surface area contributed by atoms with Crippen molar-refractivity contribution in [2.24, 2.45) is 0 Å². The summed E-state index contributed by atoms with van der Waals surface area (Å²) < 4.78 is 0. The van der Waals surface area contributed by atoms with E-state index in [4.69, 9.17) is 0 Å². The molecule has 0 aliphatic rings. The second kappa shape index (κ2) is 3.15. The number of hydrogen-bond acceptors (Lipinski definition) is 1. The standard InChI is InChI=1S/C10H11N/c1-4-9-6-8(3)7-11-10(9)5-2/h4-7H,1-2H2,3H3. The van der Waals surface area contributed by atoms with Gasteiger partial charge in [0.1, 0.15) is 0 Å². The van der Waals surface area contributed by atoms with Gasteiger partial charge >= 0.3 is 0 Å². The van der Waals surface area contributed by atoms with Gasteiger partial charge in [-0.1, -0.05) is 19.2 Å². The second-order valence-corrected chi connectivity index (χ2v) is 2.40. The van der Waals surface area contributed by atoms with Crippen molar-refractivity contribution < 1.29 is 0 Å². The van der Waals surface area contributed by atoms with Crippen molar-refractivity contribution in [1.82, 2.24) is 4.98 Å². The molecule has 0 aromatic carbocycles. The van der Waals surface area contributed by atoms with Gasteiger partial charge in [-0.2, -0.15) is 0 Å². The van der Waals surface area contributed by atoms with Crippen LogP contribution in [0.15, 0.2) is 25.4 Å². The van der Waals surface area contributed by atoms with Crippen LogP contribution in [0.4, 0.5) is 0 Å². The highest BCUT2D eigenvalue weighted by molar-refractivity contribution is 5.60. The molecule has 0 fully saturated rings. The minimum atomic E-state index is 0.894. The van der Waals surface area contributed by atoms with E-state index < -0.39 is 0 Å². The van der Waals surface area contributed by atoms with Crippen LogP contribution < -0.4 is 0 Å². The minimum absolute atomic E-state index is 0.894. The molecular weight excluding hydrogens is 134 g/mol. The lowest BCUT2D eigenvalue weighted by molar-refractivity contribution is 1.23. The Morgan fingerprint density at radius 2 is 2.09 bits per heavy atom. The van der Waals surface area contributed by atoms with Gasteiger partial charge in [0.25, 0.3) is 0 Å². The van der Waals surface area contributed by atoms with E-state index in [0.717, 1.165) is 16.8 Å². The third-order valence-electron chi connectivity index (χ3n) is 1.50. The highest BCUT2D eigenvalue weighted by Gasteiger charge is 1.95. The summed E-state index contributed by atoms with van der Waals surface area (Å²) in [5, 5.41) is 0. The zero-order valence-corrected chi connectivity index (χ0v) is 6.67. The highest BCUT2D eigenvalue weighted by Crippen LogP contribution is 2.10. The number of rotatable bonds is 2. The van der Waals surface area contributed by atoms with Crippen LogP contribution in [0.25, 0.3) is 12.2 Å². The monoisotopic (exact) mass is 145 g/mol. The molecule has 0 aliphatic heterocycles. The molecule has 1 aromatic rings. The Kier molecular flexibility index (Phi) is 2.21. The molecular formula is C10H11N. The van der Waals surface area contributed by atoms with Crippen molar-refractivity contribution >= 4 is 12.2 Å². The number of nitrogens with zero attached hydrogens (tertiary/aromatic N) is 1. The van der Waals surface area contributed by atoms with Gasteiger partial charge in [0.05, 0.1) is 5.69 Å². The fraction of sp³-hybridized carbons (Fsp3) is 0.100. The Morgan fingerprint density at radius 3 is 2.64 bits per heavy atom. The summed E-state index contributed by atoms with van der Waals surface area (Å²) in [6, 6.07) is 2.04. The van der Waals surface area contributed by atoms with Gasteiger partial charge in [0.2, 0.25) is 0 Å². The Labute approximate surface area is 67.1 Å². The predicted octanol–water partition coefficient (Wildman–Crippen LogP) is 2.68. The molecule has 11 heavy (non-hydrogen) atoms. The van der Waals surface area contributed by atoms with Crippen molar-refractivity contribution in [2.45, 2.75) is 6.92 Å². The van der Waals surface area contributed by atoms with Crippen LogP contribution in [0.1, 0.15) is 16.8 Å².